The third kappa shape index (κ3) is 4.56. The Kier molecular flexibility index (Phi) is 5.65. The number of pyridine rings is 1. The fourth-order valence-electron chi connectivity index (χ4n) is 4.75. The Morgan fingerprint density at radius 3 is 2.56 bits per heavy atom. The van der Waals surface area contributed by atoms with Gasteiger partial charge in [0.2, 0.25) is 5.91 Å². The Morgan fingerprint density at radius 1 is 1.15 bits per heavy atom. The van der Waals surface area contributed by atoms with Crippen LogP contribution in [0.5, 0.6) is 0 Å². The molecule has 2 amide bonds. The first-order valence-electron chi connectivity index (χ1n) is 12.2. The van der Waals surface area contributed by atoms with Crippen molar-refractivity contribution in [3.63, 3.8) is 0 Å². The Labute approximate surface area is 199 Å². The molecule has 0 saturated heterocycles. The summed E-state index contributed by atoms with van der Waals surface area (Å²) in [5.41, 5.74) is 3.35. The van der Waals surface area contributed by atoms with Gasteiger partial charge in [0.05, 0.1) is 34.1 Å². The van der Waals surface area contributed by atoms with Crippen molar-refractivity contribution < 1.29 is 9.59 Å². The van der Waals surface area contributed by atoms with Gasteiger partial charge < -0.3 is 10.6 Å². The average Bonchev–Trinajstić information content (AvgIpc) is 3.14. The summed E-state index contributed by atoms with van der Waals surface area (Å²) in [6.07, 6.45) is 9.88. The van der Waals surface area contributed by atoms with E-state index in [0.29, 0.717) is 17.2 Å². The van der Waals surface area contributed by atoms with Gasteiger partial charge >= 0.3 is 0 Å². The zero-order valence-electron chi connectivity index (χ0n) is 20.4. The molecule has 2 aliphatic rings. The molecule has 0 bridgehead atoms. The number of anilines is 1. The highest BCUT2D eigenvalue weighted by Gasteiger charge is 2.30. The Balaban J connectivity index is 1.37. The number of hydrogen-bond acceptors (Lipinski definition) is 5. The van der Waals surface area contributed by atoms with Crippen molar-refractivity contribution in [3.05, 3.63) is 35.4 Å². The molecule has 0 spiro atoms. The van der Waals surface area contributed by atoms with Crippen LogP contribution in [0.3, 0.4) is 0 Å². The first kappa shape index (κ1) is 22.6. The molecule has 180 valence electrons. The van der Waals surface area contributed by atoms with Gasteiger partial charge in [-0.2, -0.15) is 10.2 Å². The van der Waals surface area contributed by atoms with Crippen LogP contribution in [-0.4, -0.2) is 42.4 Å². The molecular formula is C25H33N7O2. The maximum atomic E-state index is 13.4. The molecule has 3 aromatic rings. The van der Waals surface area contributed by atoms with Crippen LogP contribution in [-0.2, 0) is 16.9 Å². The number of rotatable bonds is 6. The zero-order valence-corrected chi connectivity index (χ0v) is 20.4. The number of hydrogen-bond donors (Lipinski definition) is 2. The number of amides is 2. The van der Waals surface area contributed by atoms with Gasteiger partial charge in [-0.15, -0.1) is 0 Å². The SMILES string of the molecule is Cc1nn(C(C)(C)C)c2nc(C3CC3)cc(C(=O)Nc3cnn(CC(=O)NC4CCCC4)c3)c12. The molecule has 3 heterocycles. The van der Waals surface area contributed by atoms with Crippen LogP contribution in [0.15, 0.2) is 18.5 Å². The predicted molar refractivity (Wildman–Crippen MR) is 130 cm³/mol. The summed E-state index contributed by atoms with van der Waals surface area (Å²) in [6.45, 7) is 8.31. The van der Waals surface area contributed by atoms with E-state index >= 15 is 0 Å². The van der Waals surface area contributed by atoms with Gasteiger partial charge in [0.25, 0.3) is 5.91 Å². The molecule has 0 atom stereocenters. The molecule has 5 rings (SSSR count). The fourth-order valence-corrected chi connectivity index (χ4v) is 4.75. The van der Waals surface area contributed by atoms with E-state index in [-0.39, 0.29) is 29.9 Å². The Morgan fingerprint density at radius 2 is 1.88 bits per heavy atom. The molecule has 34 heavy (non-hydrogen) atoms. The summed E-state index contributed by atoms with van der Waals surface area (Å²) in [5.74, 6) is 0.129. The molecule has 0 aliphatic heterocycles. The van der Waals surface area contributed by atoms with Gasteiger partial charge in [-0.1, -0.05) is 12.8 Å². The molecular weight excluding hydrogens is 430 g/mol. The minimum absolute atomic E-state index is 0.0528. The van der Waals surface area contributed by atoms with E-state index in [9.17, 15) is 9.59 Å². The second-order valence-electron chi connectivity index (χ2n) is 10.7. The molecule has 0 radical (unpaired) electrons. The number of fused-ring (bicyclic) bond motifs is 1. The largest absolute Gasteiger partial charge is 0.352 e. The highest BCUT2D eigenvalue weighted by molar-refractivity contribution is 6.12. The van der Waals surface area contributed by atoms with E-state index in [1.54, 1.807) is 17.1 Å². The van der Waals surface area contributed by atoms with Gasteiger partial charge in [-0.25, -0.2) is 9.67 Å². The first-order chi connectivity index (χ1) is 16.2. The van der Waals surface area contributed by atoms with Gasteiger partial charge in [0.1, 0.15) is 6.54 Å². The lowest BCUT2D eigenvalue weighted by Gasteiger charge is -2.20. The summed E-state index contributed by atoms with van der Waals surface area (Å²) in [6, 6.07) is 2.19. The first-order valence-corrected chi connectivity index (χ1v) is 12.2. The van der Waals surface area contributed by atoms with Gasteiger partial charge in [-0.05, 0) is 59.4 Å². The maximum absolute atomic E-state index is 13.4. The Hall–Kier alpha value is -3.23. The predicted octanol–water partition coefficient (Wildman–Crippen LogP) is 3.88. The summed E-state index contributed by atoms with van der Waals surface area (Å²) >= 11 is 0. The molecule has 2 saturated carbocycles. The zero-order chi connectivity index (χ0) is 24.0. The highest BCUT2D eigenvalue weighted by atomic mass is 16.2. The normalized spacial score (nSPS) is 16.8. The number of nitrogens with zero attached hydrogens (tertiary/aromatic N) is 5. The van der Waals surface area contributed by atoms with Crippen molar-refractivity contribution in [2.45, 2.75) is 90.3 Å². The highest BCUT2D eigenvalue weighted by Crippen LogP contribution is 2.41. The monoisotopic (exact) mass is 463 g/mol. The molecule has 9 heteroatoms. The smallest absolute Gasteiger partial charge is 0.256 e. The third-order valence-electron chi connectivity index (χ3n) is 6.63. The minimum Gasteiger partial charge on any atom is -0.352 e. The number of carbonyl (C=O) groups is 2. The van der Waals surface area contributed by atoms with Crippen molar-refractivity contribution in [1.82, 2.24) is 29.9 Å². The molecule has 2 aliphatic carbocycles. The van der Waals surface area contributed by atoms with Crippen LogP contribution < -0.4 is 10.6 Å². The van der Waals surface area contributed by atoms with E-state index < -0.39 is 0 Å². The van der Waals surface area contributed by atoms with Crippen LogP contribution in [0.2, 0.25) is 0 Å². The molecule has 2 N–H and O–H groups in total. The molecule has 3 aromatic heterocycles. The summed E-state index contributed by atoms with van der Waals surface area (Å²) < 4.78 is 3.47. The topological polar surface area (TPSA) is 107 Å². The third-order valence-corrected chi connectivity index (χ3v) is 6.63. The lowest BCUT2D eigenvalue weighted by molar-refractivity contribution is -0.122. The van der Waals surface area contributed by atoms with E-state index in [1.165, 1.54) is 12.8 Å². The molecule has 2 fully saturated rings. The van der Waals surface area contributed by atoms with Crippen molar-refractivity contribution >= 4 is 28.5 Å². The minimum atomic E-state index is -0.254. The van der Waals surface area contributed by atoms with Crippen LogP contribution in [0.4, 0.5) is 5.69 Å². The maximum Gasteiger partial charge on any atom is 0.256 e. The number of nitrogens with one attached hydrogen (secondary N) is 2. The van der Waals surface area contributed by atoms with Gasteiger partial charge in [0.15, 0.2) is 5.65 Å². The summed E-state index contributed by atoms with van der Waals surface area (Å²) in [5, 5.41) is 15.8. The lowest BCUT2D eigenvalue weighted by Crippen LogP contribution is -2.35. The number of aryl methyl sites for hydroxylation is 1. The van der Waals surface area contributed by atoms with Crippen LogP contribution in [0.1, 0.15) is 87.0 Å². The van der Waals surface area contributed by atoms with Crippen LogP contribution in [0, 0.1) is 6.92 Å². The van der Waals surface area contributed by atoms with Crippen molar-refractivity contribution in [2.24, 2.45) is 0 Å². The number of aromatic nitrogens is 5. The molecule has 0 aromatic carbocycles. The van der Waals surface area contributed by atoms with Crippen molar-refractivity contribution in [2.75, 3.05) is 5.32 Å². The van der Waals surface area contributed by atoms with E-state index in [0.717, 1.165) is 48.1 Å². The van der Waals surface area contributed by atoms with E-state index in [2.05, 4.69) is 36.5 Å². The quantitative estimate of drug-likeness (QED) is 0.577. The average molecular weight is 464 g/mol. The van der Waals surface area contributed by atoms with Gasteiger partial charge in [-0.3, -0.25) is 14.3 Å². The van der Waals surface area contributed by atoms with E-state index in [4.69, 9.17) is 10.1 Å². The lowest BCUT2D eigenvalue weighted by atomic mass is 10.1. The molecule has 9 nitrogen and oxygen atoms in total. The Bertz CT molecular complexity index is 1240. The summed E-state index contributed by atoms with van der Waals surface area (Å²) in [7, 11) is 0. The van der Waals surface area contributed by atoms with Crippen LogP contribution in [0.25, 0.3) is 11.0 Å². The summed E-state index contributed by atoms with van der Waals surface area (Å²) in [4.78, 5) is 30.6. The fraction of sp³-hybridized carbons (Fsp3) is 0.560. The standard InChI is InChI=1S/C25H33N7O2/c1-15-22-19(11-20(16-9-10-16)29-23(22)32(30-15)25(2,3)4)24(34)28-18-12-26-31(13-18)14-21(33)27-17-7-5-6-8-17/h11-13,16-17H,5-10,14H2,1-4H3,(H,27,33)(H,28,34). The van der Waals surface area contributed by atoms with Crippen molar-refractivity contribution in [1.29, 1.82) is 0 Å². The second kappa shape index (κ2) is 8.52. The van der Waals surface area contributed by atoms with E-state index in [1.807, 2.05) is 17.7 Å². The van der Waals surface area contributed by atoms with Gasteiger partial charge in [0, 0.05) is 23.9 Å². The second-order valence-corrected chi connectivity index (χ2v) is 10.7. The van der Waals surface area contributed by atoms with Crippen LogP contribution >= 0.6 is 0 Å². The molecule has 0 unspecified atom stereocenters. The van der Waals surface area contributed by atoms with Crippen molar-refractivity contribution in [3.8, 4) is 0 Å². The number of carbonyl (C=O) groups excluding carboxylic acids is 2.